The molecule has 1 heterocycles. The van der Waals surface area contributed by atoms with Gasteiger partial charge in [-0.1, -0.05) is 23.7 Å². The minimum atomic E-state index is -0.123. The summed E-state index contributed by atoms with van der Waals surface area (Å²) in [4.78, 5) is 30.4. The predicted octanol–water partition coefficient (Wildman–Crippen LogP) is 1.55. The van der Waals surface area contributed by atoms with Gasteiger partial charge in [0.1, 0.15) is 0 Å². The highest BCUT2D eigenvalue weighted by Gasteiger charge is 2.23. The maximum atomic E-state index is 12.5. The summed E-state index contributed by atoms with van der Waals surface area (Å²) in [5.74, 6) is -0.192. The molecule has 0 saturated carbocycles. The van der Waals surface area contributed by atoms with Crippen molar-refractivity contribution < 1.29 is 9.59 Å². The van der Waals surface area contributed by atoms with Crippen LogP contribution >= 0.6 is 11.6 Å². The number of benzene rings is 1. The molecule has 1 N–H and O–H groups in total. The molecule has 0 spiro atoms. The van der Waals surface area contributed by atoms with Gasteiger partial charge in [-0.2, -0.15) is 10.5 Å². The molecule has 8 nitrogen and oxygen atoms in total. The lowest BCUT2D eigenvalue weighted by atomic mass is 10.2. The Kier molecular flexibility index (Phi) is 9.39. The Hall–Kier alpha value is -2.65. The van der Waals surface area contributed by atoms with Crippen molar-refractivity contribution in [2.75, 3.05) is 57.7 Å². The average Bonchev–Trinajstić information content (AvgIpc) is 2.71. The normalized spacial score (nSPS) is 14.6. The molecule has 2 amide bonds. The fourth-order valence-corrected chi connectivity index (χ4v) is 3.27. The van der Waals surface area contributed by atoms with Crippen molar-refractivity contribution in [3.8, 4) is 12.1 Å². The van der Waals surface area contributed by atoms with Crippen molar-refractivity contribution in [2.45, 2.75) is 12.8 Å². The van der Waals surface area contributed by atoms with Crippen LogP contribution in [0.15, 0.2) is 24.3 Å². The van der Waals surface area contributed by atoms with Crippen LogP contribution in [0.1, 0.15) is 12.8 Å². The zero-order valence-electron chi connectivity index (χ0n) is 16.3. The van der Waals surface area contributed by atoms with E-state index in [2.05, 4.69) is 5.32 Å². The largest absolute Gasteiger partial charge is 0.340 e. The van der Waals surface area contributed by atoms with Crippen molar-refractivity contribution in [2.24, 2.45) is 0 Å². The number of hydrogen-bond acceptors (Lipinski definition) is 6. The summed E-state index contributed by atoms with van der Waals surface area (Å²) in [6.07, 6.45) is 0.511. The molecule has 2 rings (SSSR count). The highest BCUT2D eigenvalue weighted by Crippen LogP contribution is 2.20. The Labute approximate surface area is 176 Å². The van der Waals surface area contributed by atoms with Crippen LogP contribution in [0.25, 0.3) is 0 Å². The van der Waals surface area contributed by atoms with E-state index in [1.165, 1.54) is 0 Å². The first-order valence-corrected chi connectivity index (χ1v) is 9.92. The second kappa shape index (κ2) is 12.0. The molecule has 0 aliphatic carbocycles. The summed E-state index contributed by atoms with van der Waals surface area (Å²) in [5.41, 5.74) is 0.596. The predicted molar refractivity (Wildman–Crippen MR) is 110 cm³/mol. The second-order valence-corrected chi connectivity index (χ2v) is 7.18. The number of nitriles is 2. The summed E-state index contributed by atoms with van der Waals surface area (Å²) in [6, 6.07) is 11.2. The van der Waals surface area contributed by atoms with Gasteiger partial charge < -0.3 is 10.2 Å². The molecule has 1 aliphatic rings. The lowest BCUT2D eigenvalue weighted by Crippen LogP contribution is -2.51. The Balaban J connectivity index is 1.75. The molecule has 1 saturated heterocycles. The molecule has 0 unspecified atom stereocenters. The van der Waals surface area contributed by atoms with Gasteiger partial charge in [0.2, 0.25) is 11.8 Å². The van der Waals surface area contributed by atoms with E-state index >= 15 is 0 Å². The fraction of sp³-hybridized carbons (Fsp3) is 0.500. The topological polar surface area (TPSA) is 103 Å². The van der Waals surface area contributed by atoms with E-state index in [1.54, 1.807) is 23.1 Å². The van der Waals surface area contributed by atoms with Gasteiger partial charge in [-0.05, 0) is 12.1 Å². The van der Waals surface area contributed by atoms with Crippen LogP contribution in [0.4, 0.5) is 5.69 Å². The number of hydrogen-bond donors (Lipinski definition) is 1. The SMILES string of the molecule is N#CCCN(CCC#N)C(=O)CN1CCN(CC(=O)Nc2ccccc2Cl)CC1. The van der Waals surface area contributed by atoms with Gasteiger partial charge in [0, 0.05) is 39.3 Å². The van der Waals surface area contributed by atoms with Crippen LogP contribution in [0.3, 0.4) is 0 Å². The fourth-order valence-electron chi connectivity index (χ4n) is 3.08. The third kappa shape index (κ3) is 7.71. The van der Waals surface area contributed by atoms with Crippen molar-refractivity contribution in [3.63, 3.8) is 0 Å². The zero-order chi connectivity index (χ0) is 21.1. The molecular formula is C20H25ClN6O2. The summed E-state index contributed by atoms with van der Waals surface area (Å²) < 4.78 is 0. The van der Waals surface area contributed by atoms with Gasteiger partial charge in [0.15, 0.2) is 0 Å². The number of amides is 2. The molecule has 0 aromatic heterocycles. The number of piperazine rings is 1. The van der Waals surface area contributed by atoms with E-state index in [1.807, 2.05) is 28.0 Å². The second-order valence-electron chi connectivity index (χ2n) is 6.78. The molecule has 29 heavy (non-hydrogen) atoms. The lowest BCUT2D eigenvalue weighted by molar-refractivity contribution is -0.133. The van der Waals surface area contributed by atoms with Gasteiger partial charge in [-0.3, -0.25) is 19.4 Å². The van der Waals surface area contributed by atoms with Gasteiger partial charge in [-0.25, -0.2) is 0 Å². The molecule has 1 aromatic rings. The zero-order valence-corrected chi connectivity index (χ0v) is 17.1. The quantitative estimate of drug-likeness (QED) is 0.655. The van der Waals surface area contributed by atoms with E-state index in [4.69, 9.17) is 22.1 Å². The Morgan fingerprint density at radius 2 is 1.55 bits per heavy atom. The molecule has 154 valence electrons. The molecular weight excluding hydrogens is 392 g/mol. The Morgan fingerprint density at radius 1 is 1.00 bits per heavy atom. The van der Waals surface area contributed by atoms with Crippen molar-refractivity contribution in [1.82, 2.24) is 14.7 Å². The minimum absolute atomic E-state index is 0.0691. The van der Waals surface area contributed by atoms with Gasteiger partial charge >= 0.3 is 0 Å². The monoisotopic (exact) mass is 416 g/mol. The van der Waals surface area contributed by atoms with Crippen LogP contribution in [-0.4, -0.2) is 78.9 Å². The Bertz CT molecular complexity index is 762. The lowest BCUT2D eigenvalue weighted by Gasteiger charge is -2.35. The smallest absolute Gasteiger partial charge is 0.238 e. The number of carbonyl (C=O) groups is 2. The van der Waals surface area contributed by atoms with E-state index in [9.17, 15) is 9.59 Å². The minimum Gasteiger partial charge on any atom is -0.340 e. The van der Waals surface area contributed by atoms with E-state index in [0.29, 0.717) is 50.0 Å². The third-order valence-electron chi connectivity index (χ3n) is 4.68. The average molecular weight is 417 g/mol. The number of carbonyl (C=O) groups excluding carboxylic acids is 2. The van der Waals surface area contributed by atoms with Crippen LogP contribution in [0, 0.1) is 22.7 Å². The van der Waals surface area contributed by atoms with Gasteiger partial charge in [0.25, 0.3) is 0 Å². The number of nitrogens with one attached hydrogen (secondary N) is 1. The van der Waals surface area contributed by atoms with Crippen molar-refractivity contribution >= 4 is 29.1 Å². The molecule has 1 aliphatic heterocycles. The van der Waals surface area contributed by atoms with Gasteiger partial charge in [0.05, 0.1) is 48.8 Å². The molecule has 1 fully saturated rings. The first kappa shape index (κ1) is 22.6. The highest BCUT2D eigenvalue weighted by molar-refractivity contribution is 6.33. The van der Waals surface area contributed by atoms with E-state index < -0.39 is 0 Å². The first-order chi connectivity index (χ1) is 14.0. The van der Waals surface area contributed by atoms with Crippen LogP contribution in [0.5, 0.6) is 0 Å². The molecule has 9 heteroatoms. The number of nitrogens with zero attached hydrogens (tertiary/aromatic N) is 5. The van der Waals surface area contributed by atoms with E-state index in [0.717, 1.165) is 0 Å². The first-order valence-electron chi connectivity index (χ1n) is 9.54. The summed E-state index contributed by atoms with van der Waals surface area (Å²) in [6.45, 7) is 3.93. The summed E-state index contributed by atoms with van der Waals surface area (Å²) >= 11 is 6.06. The summed E-state index contributed by atoms with van der Waals surface area (Å²) in [7, 11) is 0. The molecule has 0 radical (unpaired) electrons. The Morgan fingerprint density at radius 3 is 2.10 bits per heavy atom. The molecule has 0 atom stereocenters. The van der Waals surface area contributed by atoms with Crippen LogP contribution in [0.2, 0.25) is 5.02 Å². The van der Waals surface area contributed by atoms with E-state index in [-0.39, 0.29) is 37.7 Å². The van der Waals surface area contributed by atoms with Gasteiger partial charge in [-0.15, -0.1) is 0 Å². The number of anilines is 1. The summed E-state index contributed by atoms with van der Waals surface area (Å²) in [5, 5.41) is 20.8. The standard InChI is InChI=1S/C20H25ClN6O2/c21-17-5-1-2-6-18(17)24-19(28)15-25-11-13-26(14-12-25)16-20(29)27(9-3-7-22)10-4-8-23/h1-2,5-6H,3-4,9-16H2,(H,24,28). The van der Waals surface area contributed by atoms with Crippen LogP contribution in [-0.2, 0) is 9.59 Å². The highest BCUT2D eigenvalue weighted by atomic mass is 35.5. The maximum Gasteiger partial charge on any atom is 0.238 e. The van der Waals surface area contributed by atoms with Crippen molar-refractivity contribution in [3.05, 3.63) is 29.3 Å². The number of para-hydroxylation sites is 1. The molecule has 0 bridgehead atoms. The maximum absolute atomic E-state index is 12.5. The molecule has 1 aromatic carbocycles. The number of halogens is 1. The third-order valence-corrected chi connectivity index (χ3v) is 5.01. The number of rotatable bonds is 9. The van der Waals surface area contributed by atoms with Crippen LogP contribution < -0.4 is 5.32 Å². The van der Waals surface area contributed by atoms with Crippen molar-refractivity contribution in [1.29, 1.82) is 10.5 Å².